The summed E-state index contributed by atoms with van der Waals surface area (Å²) in [5.41, 5.74) is 1.30. The molecule has 1 heterocycles. The van der Waals surface area contributed by atoms with Crippen LogP contribution in [0.2, 0.25) is 5.02 Å². The molecule has 0 fully saturated rings. The topological polar surface area (TPSA) is 62.0 Å². The molecule has 0 unspecified atom stereocenters. The Morgan fingerprint density at radius 2 is 2.04 bits per heavy atom. The van der Waals surface area contributed by atoms with E-state index in [-0.39, 0.29) is 0 Å². The Morgan fingerprint density at radius 3 is 2.62 bits per heavy atom. The van der Waals surface area contributed by atoms with E-state index >= 15 is 0 Å². The fourth-order valence-corrected chi connectivity index (χ4v) is 2.38. The molecule has 0 N–H and O–H groups in total. The highest BCUT2D eigenvalue weighted by Gasteiger charge is 2.13. The van der Waals surface area contributed by atoms with Gasteiger partial charge in [0.2, 0.25) is 0 Å². The third-order valence-electron chi connectivity index (χ3n) is 3.43. The lowest BCUT2D eigenvalue weighted by molar-refractivity contribution is 0.268. The zero-order valence-electron chi connectivity index (χ0n) is 14.2. The molecule has 0 spiro atoms. The quantitative estimate of drug-likeness (QED) is 0.757. The van der Waals surface area contributed by atoms with Crippen LogP contribution in [0.5, 0.6) is 5.75 Å². The minimum Gasteiger partial charge on any atom is -0.493 e. The Labute approximate surface area is 147 Å². The second-order valence-corrected chi connectivity index (χ2v) is 6.30. The molecule has 0 saturated heterocycles. The zero-order chi connectivity index (χ0) is 17.5. The molecule has 6 heteroatoms. The number of halogens is 1. The van der Waals surface area contributed by atoms with Crippen molar-refractivity contribution in [3.05, 3.63) is 46.6 Å². The van der Waals surface area contributed by atoms with Gasteiger partial charge < -0.3 is 9.64 Å². The number of rotatable bonds is 7. The average molecular weight is 345 g/mol. The number of hydrogen-bond acceptors (Lipinski definition) is 5. The maximum Gasteiger partial charge on any atom is 0.163 e. The van der Waals surface area contributed by atoms with E-state index in [1.165, 1.54) is 0 Å². The Kier molecular flexibility index (Phi) is 6.39. The lowest BCUT2D eigenvalue weighted by Gasteiger charge is -2.23. The first kappa shape index (κ1) is 18.0. The summed E-state index contributed by atoms with van der Waals surface area (Å²) in [6.45, 7) is 8.26. The third kappa shape index (κ3) is 4.84. The highest BCUT2D eigenvalue weighted by Crippen LogP contribution is 2.26. The van der Waals surface area contributed by atoms with Crippen LogP contribution in [0.3, 0.4) is 0 Å². The van der Waals surface area contributed by atoms with Crippen LogP contribution in [0.1, 0.15) is 32.0 Å². The van der Waals surface area contributed by atoms with E-state index < -0.39 is 0 Å². The summed E-state index contributed by atoms with van der Waals surface area (Å²) in [5, 5.41) is 17.5. The van der Waals surface area contributed by atoms with Crippen molar-refractivity contribution in [1.29, 1.82) is 5.26 Å². The van der Waals surface area contributed by atoms with E-state index in [0.717, 1.165) is 17.9 Å². The van der Waals surface area contributed by atoms with Crippen molar-refractivity contribution in [3.8, 4) is 11.8 Å². The van der Waals surface area contributed by atoms with Crippen molar-refractivity contribution in [2.45, 2.75) is 27.3 Å². The number of aromatic nitrogens is 2. The minimum absolute atomic E-state index is 0.304. The molecule has 5 nitrogen and oxygen atoms in total. The predicted molar refractivity (Wildman–Crippen MR) is 95.3 cm³/mol. The van der Waals surface area contributed by atoms with Gasteiger partial charge in [0.1, 0.15) is 11.8 Å². The molecule has 2 rings (SSSR count). The highest BCUT2D eigenvalue weighted by atomic mass is 35.5. The standard InChI is InChI=1S/C18H21ClN4O/c1-4-23(18-8-6-16(10-20)21-22-18)11-14-9-15(19)5-7-17(14)24-12-13(2)3/h5-9,13H,4,11-12H2,1-3H3. The van der Waals surface area contributed by atoms with Crippen molar-refractivity contribution < 1.29 is 4.74 Å². The molecule has 0 amide bonds. The molecule has 126 valence electrons. The SMILES string of the molecule is CCN(Cc1cc(Cl)ccc1OCC(C)C)c1ccc(C#N)nn1. The van der Waals surface area contributed by atoms with Crippen LogP contribution < -0.4 is 9.64 Å². The monoisotopic (exact) mass is 344 g/mol. The van der Waals surface area contributed by atoms with Crippen LogP contribution in [0, 0.1) is 17.2 Å². The van der Waals surface area contributed by atoms with Gasteiger partial charge in [-0.3, -0.25) is 0 Å². The predicted octanol–water partition coefficient (Wildman–Crippen LogP) is 4.06. The molecule has 0 atom stereocenters. The number of nitrogens with zero attached hydrogens (tertiary/aromatic N) is 4. The fourth-order valence-electron chi connectivity index (χ4n) is 2.18. The third-order valence-corrected chi connectivity index (χ3v) is 3.66. The summed E-state index contributed by atoms with van der Waals surface area (Å²) in [5.74, 6) is 1.99. The normalized spacial score (nSPS) is 10.5. The van der Waals surface area contributed by atoms with Crippen LogP contribution in [-0.4, -0.2) is 23.3 Å². The molecule has 0 aliphatic carbocycles. The van der Waals surface area contributed by atoms with Crippen LogP contribution >= 0.6 is 11.6 Å². The minimum atomic E-state index is 0.304. The van der Waals surface area contributed by atoms with Gasteiger partial charge in [0, 0.05) is 23.7 Å². The van der Waals surface area contributed by atoms with Gasteiger partial charge in [-0.05, 0) is 43.2 Å². The summed E-state index contributed by atoms with van der Waals surface area (Å²) in [7, 11) is 0. The lowest BCUT2D eigenvalue weighted by atomic mass is 10.1. The van der Waals surface area contributed by atoms with E-state index in [1.54, 1.807) is 12.1 Å². The summed E-state index contributed by atoms with van der Waals surface area (Å²) in [6.07, 6.45) is 0. The van der Waals surface area contributed by atoms with Crippen molar-refractivity contribution >= 4 is 17.4 Å². The first-order valence-electron chi connectivity index (χ1n) is 7.93. The van der Waals surface area contributed by atoms with Crippen molar-refractivity contribution in [3.63, 3.8) is 0 Å². The summed E-state index contributed by atoms with van der Waals surface area (Å²) in [4.78, 5) is 2.06. The molecule has 0 aliphatic heterocycles. The van der Waals surface area contributed by atoms with E-state index in [4.69, 9.17) is 21.6 Å². The van der Waals surface area contributed by atoms with Crippen molar-refractivity contribution in [1.82, 2.24) is 10.2 Å². The number of anilines is 1. The van der Waals surface area contributed by atoms with Crippen LogP contribution in [0.15, 0.2) is 30.3 Å². The molecule has 0 saturated carbocycles. The Hall–Kier alpha value is -2.32. The van der Waals surface area contributed by atoms with Gasteiger partial charge in [-0.2, -0.15) is 5.26 Å². The summed E-state index contributed by atoms with van der Waals surface area (Å²) in [6, 6.07) is 11.1. The molecule has 1 aromatic heterocycles. The zero-order valence-corrected chi connectivity index (χ0v) is 14.9. The fraction of sp³-hybridized carbons (Fsp3) is 0.389. The molecule has 0 aliphatic rings. The number of hydrogen-bond donors (Lipinski definition) is 0. The Morgan fingerprint density at radius 1 is 1.25 bits per heavy atom. The molecule has 24 heavy (non-hydrogen) atoms. The second-order valence-electron chi connectivity index (χ2n) is 5.86. The van der Waals surface area contributed by atoms with E-state index in [0.29, 0.717) is 35.6 Å². The average Bonchev–Trinajstić information content (AvgIpc) is 2.59. The van der Waals surface area contributed by atoms with Gasteiger partial charge in [-0.1, -0.05) is 25.4 Å². The first-order chi connectivity index (χ1) is 11.5. The molecule has 0 bridgehead atoms. The maximum atomic E-state index is 8.83. The summed E-state index contributed by atoms with van der Waals surface area (Å²) >= 11 is 6.15. The van der Waals surface area contributed by atoms with Gasteiger partial charge in [0.25, 0.3) is 0 Å². The van der Waals surface area contributed by atoms with Crippen LogP contribution in [0.4, 0.5) is 5.82 Å². The van der Waals surface area contributed by atoms with Gasteiger partial charge >= 0.3 is 0 Å². The van der Waals surface area contributed by atoms with Crippen molar-refractivity contribution in [2.24, 2.45) is 5.92 Å². The molecule has 2 aromatic rings. The first-order valence-corrected chi connectivity index (χ1v) is 8.31. The van der Waals surface area contributed by atoms with E-state index in [9.17, 15) is 0 Å². The van der Waals surface area contributed by atoms with E-state index in [2.05, 4.69) is 28.9 Å². The van der Waals surface area contributed by atoms with Gasteiger partial charge in [0.05, 0.1) is 6.61 Å². The maximum absolute atomic E-state index is 8.83. The highest BCUT2D eigenvalue weighted by molar-refractivity contribution is 6.30. The number of nitriles is 1. The van der Waals surface area contributed by atoms with E-state index in [1.807, 2.05) is 31.2 Å². The molecular weight excluding hydrogens is 324 g/mol. The Balaban J connectivity index is 2.22. The Bertz CT molecular complexity index is 710. The van der Waals surface area contributed by atoms with Crippen LogP contribution in [-0.2, 0) is 6.54 Å². The lowest BCUT2D eigenvalue weighted by Crippen LogP contribution is -2.24. The molecule has 0 radical (unpaired) electrons. The molecular formula is C18H21ClN4O. The van der Waals surface area contributed by atoms with Crippen LogP contribution in [0.25, 0.3) is 0 Å². The molecule has 1 aromatic carbocycles. The van der Waals surface area contributed by atoms with Gasteiger partial charge in [-0.25, -0.2) is 0 Å². The van der Waals surface area contributed by atoms with Gasteiger partial charge in [-0.15, -0.1) is 10.2 Å². The number of ether oxygens (including phenoxy) is 1. The second kappa shape index (κ2) is 8.51. The largest absolute Gasteiger partial charge is 0.493 e. The summed E-state index contributed by atoms with van der Waals surface area (Å²) < 4.78 is 5.91. The smallest absolute Gasteiger partial charge is 0.163 e. The van der Waals surface area contributed by atoms with Crippen molar-refractivity contribution in [2.75, 3.05) is 18.1 Å². The van der Waals surface area contributed by atoms with Gasteiger partial charge in [0.15, 0.2) is 11.5 Å². The number of benzene rings is 1.